The average Bonchev–Trinajstić information content (AvgIpc) is 2.69. The summed E-state index contributed by atoms with van der Waals surface area (Å²) in [5.41, 5.74) is 0. The highest BCUT2D eigenvalue weighted by atomic mass is 31.2. The maximum atomic E-state index is 13.3. The van der Waals surface area contributed by atoms with Crippen LogP contribution in [0.5, 0.6) is 23.0 Å². The smallest absolute Gasteiger partial charge is 0.430 e. The SMILES string of the molecule is COc1ccc(OP(=O)(CCCN(O)C(C)=O)Oc2ccc(OC)cc2)cc1. The van der Waals surface area contributed by atoms with Crippen LogP contribution in [0.1, 0.15) is 13.3 Å². The molecule has 0 spiro atoms. The molecule has 0 heterocycles. The van der Waals surface area contributed by atoms with Crippen molar-refractivity contribution in [3.63, 3.8) is 0 Å². The summed E-state index contributed by atoms with van der Waals surface area (Å²) in [5.74, 6) is 1.48. The van der Waals surface area contributed by atoms with E-state index < -0.39 is 13.5 Å². The van der Waals surface area contributed by atoms with E-state index in [1.807, 2.05) is 0 Å². The van der Waals surface area contributed by atoms with Gasteiger partial charge in [0.1, 0.15) is 23.0 Å². The van der Waals surface area contributed by atoms with Gasteiger partial charge in [-0.2, -0.15) is 0 Å². The van der Waals surface area contributed by atoms with Crippen molar-refractivity contribution in [2.75, 3.05) is 26.9 Å². The van der Waals surface area contributed by atoms with Crippen molar-refractivity contribution in [2.45, 2.75) is 13.3 Å². The molecule has 0 saturated heterocycles. The second-order valence-electron chi connectivity index (χ2n) is 5.86. The Bertz CT molecular complexity index is 755. The molecule has 0 bridgehead atoms. The van der Waals surface area contributed by atoms with Gasteiger partial charge in [-0.05, 0) is 55.0 Å². The molecule has 8 nitrogen and oxygen atoms in total. The van der Waals surface area contributed by atoms with Crippen LogP contribution in [0.15, 0.2) is 48.5 Å². The monoisotopic (exact) mass is 409 g/mol. The van der Waals surface area contributed by atoms with E-state index in [2.05, 4.69) is 0 Å². The normalized spacial score (nSPS) is 10.9. The van der Waals surface area contributed by atoms with Crippen molar-refractivity contribution in [2.24, 2.45) is 0 Å². The first-order valence-electron chi connectivity index (χ1n) is 8.58. The Labute approximate surface area is 164 Å². The first kappa shape index (κ1) is 21.6. The first-order chi connectivity index (χ1) is 13.3. The largest absolute Gasteiger partial charge is 0.497 e. The topological polar surface area (TPSA) is 94.5 Å². The van der Waals surface area contributed by atoms with Crippen molar-refractivity contribution < 1.29 is 33.1 Å². The summed E-state index contributed by atoms with van der Waals surface area (Å²) in [6.45, 7) is 1.25. The zero-order valence-corrected chi connectivity index (χ0v) is 16.9. The molecule has 28 heavy (non-hydrogen) atoms. The van der Waals surface area contributed by atoms with E-state index in [9.17, 15) is 14.6 Å². The van der Waals surface area contributed by atoms with Gasteiger partial charge in [0.05, 0.1) is 20.4 Å². The van der Waals surface area contributed by atoms with Crippen LogP contribution in [0.25, 0.3) is 0 Å². The Hall–Kier alpha value is -2.70. The summed E-state index contributed by atoms with van der Waals surface area (Å²) < 4.78 is 34.8. The number of carbonyl (C=O) groups excluding carboxylic acids is 1. The Morgan fingerprint density at radius 1 is 0.893 bits per heavy atom. The minimum atomic E-state index is -3.63. The molecule has 0 aromatic heterocycles. The number of hydrogen-bond donors (Lipinski definition) is 1. The van der Waals surface area contributed by atoms with Crippen LogP contribution in [0, 0.1) is 0 Å². The number of benzene rings is 2. The van der Waals surface area contributed by atoms with Crippen LogP contribution in [0.2, 0.25) is 0 Å². The van der Waals surface area contributed by atoms with Crippen molar-refractivity contribution in [1.82, 2.24) is 5.06 Å². The summed E-state index contributed by atoms with van der Waals surface area (Å²) in [6, 6.07) is 13.2. The summed E-state index contributed by atoms with van der Waals surface area (Å²) >= 11 is 0. The van der Waals surface area contributed by atoms with E-state index in [0.29, 0.717) is 28.1 Å². The minimum Gasteiger partial charge on any atom is -0.497 e. The van der Waals surface area contributed by atoms with Gasteiger partial charge in [-0.15, -0.1) is 0 Å². The number of nitrogens with zero attached hydrogens (tertiary/aromatic N) is 1. The highest BCUT2D eigenvalue weighted by Gasteiger charge is 2.28. The van der Waals surface area contributed by atoms with Crippen molar-refractivity contribution in [1.29, 1.82) is 0 Å². The van der Waals surface area contributed by atoms with Gasteiger partial charge in [0.2, 0.25) is 5.91 Å². The van der Waals surface area contributed by atoms with Crippen molar-refractivity contribution >= 4 is 13.5 Å². The molecule has 0 saturated carbocycles. The van der Waals surface area contributed by atoms with Crippen LogP contribution >= 0.6 is 7.60 Å². The third-order valence-corrected chi connectivity index (χ3v) is 5.62. The third-order valence-electron chi connectivity index (χ3n) is 3.77. The summed E-state index contributed by atoms with van der Waals surface area (Å²) in [5, 5.41) is 10.1. The van der Waals surface area contributed by atoms with Gasteiger partial charge in [0.15, 0.2) is 0 Å². The molecule has 0 radical (unpaired) electrons. The lowest BCUT2D eigenvalue weighted by Crippen LogP contribution is -2.26. The zero-order chi connectivity index (χ0) is 20.6. The molecular weight excluding hydrogens is 385 g/mol. The molecule has 2 rings (SSSR count). The molecule has 152 valence electrons. The highest BCUT2D eigenvalue weighted by Crippen LogP contribution is 2.49. The van der Waals surface area contributed by atoms with Crippen LogP contribution in [0.4, 0.5) is 0 Å². The standard InChI is InChI=1S/C19H24NO7P/c1-15(21)20(22)13-4-14-28(23,26-18-9-5-16(24-2)6-10-18)27-19-11-7-17(25-3)8-12-19/h5-12,22H,4,13-14H2,1-3H3. The fourth-order valence-electron chi connectivity index (χ4n) is 2.28. The molecule has 0 unspecified atom stereocenters. The molecule has 1 N–H and O–H groups in total. The van der Waals surface area contributed by atoms with E-state index in [-0.39, 0.29) is 19.1 Å². The Morgan fingerprint density at radius 2 is 1.29 bits per heavy atom. The van der Waals surface area contributed by atoms with Crippen LogP contribution in [-0.4, -0.2) is 43.1 Å². The maximum absolute atomic E-state index is 13.3. The molecule has 2 aromatic carbocycles. The predicted molar refractivity (Wildman–Crippen MR) is 104 cm³/mol. The van der Waals surface area contributed by atoms with Gasteiger partial charge in [-0.1, -0.05) is 0 Å². The number of hydroxylamine groups is 2. The van der Waals surface area contributed by atoms with Crippen molar-refractivity contribution in [3.8, 4) is 23.0 Å². The number of hydrogen-bond acceptors (Lipinski definition) is 7. The summed E-state index contributed by atoms with van der Waals surface area (Å²) in [7, 11) is -0.538. The molecule has 9 heteroatoms. The van der Waals surface area contributed by atoms with Gasteiger partial charge >= 0.3 is 7.60 Å². The van der Waals surface area contributed by atoms with E-state index >= 15 is 0 Å². The Kier molecular flexibility index (Phi) is 7.72. The number of carbonyl (C=O) groups is 1. The zero-order valence-electron chi connectivity index (χ0n) is 16.0. The number of ether oxygens (including phenoxy) is 2. The lowest BCUT2D eigenvalue weighted by molar-refractivity contribution is -0.162. The fourth-order valence-corrected chi connectivity index (χ4v) is 3.91. The van der Waals surface area contributed by atoms with Gasteiger partial charge in [0.25, 0.3) is 0 Å². The van der Waals surface area contributed by atoms with Gasteiger partial charge in [0, 0.05) is 13.5 Å². The maximum Gasteiger partial charge on any atom is 0.430 e. The van der Waals surface area contributed by atoms with Gasteiger partial charge in [-0.3, -0.25) is 10.0 Å². The minimum absolute atomic E-state index is 0.00457. The molecule has 0 atom stereocenters. The quantitative estimate of drug-likeness (QED) is 0.360. The second-order valence-corrected chi connectivity index (χ2v) is 7.90. The lowest BCUT2D eigenvalue weighted by atomic mass is 10.3. The third kappa shape index (κ3) is 6.48. The molecule has 1 amide bonds. The summed E-state index contributed by atoms with van der Waals surface area (Å²) in [6.07, 6.45) is 0.217. The summed E-state index contributed by atoms with van der Waals surface area (Å²) in [4.78, 5) is 11.1. The fraction of sp³-hybridized carbons (Fsp3) is 0.316. The van der Waals surface area contributed by atoms with Crippen LogP contribution in [0.3, 0.4) is 0 Å². The van der Waals surface area contributed by atoms with Crippen LogP contribution < -0.4 is 18.5 Å². The average molecular weight is 409 g/mol. The van der Waals surface area contributed by atoms with Gasteiger partial charge < -0.3 is 18.5 Å². The lowest BCUT2D eigenvalue weighted by Gasteiger charge is -2.21. The Balaban J connectivity index is 2.14. The molecule has 0 aliphatic heterocycles. The molecule has 0 aliphatic rings. The van der Waals surface area contributed by atoms with Crippen molar-refractivity contribution in [3.05, 3.63) is 48.5 Å². The second kappa shape index (κ2) is 10.0. The number of amides is 1. The highest BCUT2D eigenvalue weighted by molar-refractivity contribution is 7.54. The number of methoxy groups -OCH3 is 2. The van der Waals surface area contributed by atoms with E-state index in [4.69, 9.17) is 18.5 Å². The molecular formula is C19H24NO7P. The van der Waals surface area contributed by atoms with E-state index in [1.165, 1.54) is 6.92 Å². The predicted octanol–water partition coefficient (Wildman–Crippen LogP) is 3.98. The Morgan fingerprint density at radius 3 is 1.64 bits per heavy atom. The first-order valence-corrected chi connectivity index (χ1v) is 10.3. The molecule has 0 aliphatic carbocycles. The van der Waals surface area contributed by atoms with Gasteiger partial charge in [-0.25, -0.2) is 9.63 Å². The van der Waals surface area contributed by atoms with E-state index in [1.54, 1.807) is 62.8 Å². The van der Waals surface area contributed by atoms with E-state index in [0.717, 1.165) is 0 Å². The number of rotatable bonds is 10. The van der Waals surface area contributed by atoms with Crippen LogP contribution in [-0.2, 0) is 9.36 Å². The molecule has 2 aromatic rings. The molecule has 0 fully saturated rings.